The SMILES string of the molecule is CCCC1CC(C(=O)O)(c2ccc(N)cc2)C1. The normalized spacial score (nSPS) is 27.5. The maximum absolute atomic E-state index is 11.5. The van der Waals surface area contributed by atoms with E-state index < -0.39 is 11.4 Å². The Morgan fingerprint density at radius 2 is 2.00 bits per heavy atom. The lowest BCUT2D eigenvalue weighted by Gasteiger charge is -2.45. The van der Waals surface area contributed by atoms with Crippen LogP contribution < -0.4 is 5.73 Å². The molecule has 3 heteroatoms. The Labute approximate surface area is 102 Å². The first-order valence-corrected chi connectivity index (χ1v) is 6.18. The van der Waals surface area contributed by atoms with Crippen molar-refractivity contribution in [3.8, 4) is 0 Å². The van der Waals surface area contributed by atoms with Gasteiger partial charge in [-0.25, -0.2) is 0 Å². The van der Waals surface area contributed by atoms with E-state index in [2.05, 4.69) is 6.92 Å². The molecule has 17 heavy (non-hydrogen) atoms. The fraction of sp³-hybridized carbons (Fsp3) is 0.500. The zero-order valence-corrected chi connectivity index (χ0v) is 10.1. The number of nitrogens with two attached hydrogens (primary N) is 1. The summed E-state index contributed by atoms with van der Waals surface area (Å²) in [5, 5.41) is 9.46. The zero-order chi connectivity index (χ0) is 12.5. The molecule has 1 aromatic rings. The minimum Gasteiger partial charge on any atom is -0.481 e. The van der Waals surface area contributed by atoms with E-state index in [-0.39, 0.29) is 0 Å². The number of hydrogen-bond acceptors (Lipinski definition) is 2. The van der Waals surface area contributed by atoms with Crippen molar-refractivity contribution < 1.29 is 9.90 Å². The van der Waals surface area contributed by atoms with Crippen LogP contribution in [0.15, 0.2) is 24.3 Å². The van der Waals surface area contributed by atoms with Crippen LogP contribution in [0.25, 0.3) is 0 Å². The summed E-state index contributed by atoms with van der Waals surface area (Å²) in [6.07, 6.45) is 3.78. The van der Waals surface area contributed by atoms with E-state index >= 15 is 0 Å². The predicted molar refractivity (Wildman–Crippen MR) is 67.8 cm³/mol. The van der Waals surface area contributed by atoms with Crippen LogP contribution in [0.4, 0.5) is 5.69 Å². The molecule has 3 N–H and O–H groups in total. The van der Waals surface area contributed by atoms with Crippen molar-refractivity contribution in [2.45, 2.75) is 38.0 Å². The molecule has 0 radical (unpaired) electrons. The third-order valence-corrected chi connectivity index (χ3v) is 3.84. The molecule has 0 aromatic heterocycles. The number of aliphatic carboxylic acids is 1. The fourth-order valence-corrected chi connectivity index (χ4v) is 2.87. The number of hydrogen-bond donors (Lipinski definition) is 2. The first-order valence-electron chi connectivity index (χ1n) is 6.18. The van der Waals surface area contributed by atoms with E-state index in [0.717, 1.165) is 31.2 Å². The Morgan fingerprint density at radius 3 is 2.47 bits per heavy atom. The van der Waals surface area contributed by atoms with Crippen molar-refractivity contribution in [2.75, 3.05) is 5.73 Å². The van der Waals surface area contributed by atoms with Gasteiger partial charge in [-0.05, 0) is 36.5 Å². The molecule has 1 saturated carbocycles. The van der Waals surface area contributed by atoms with Gasteiger partial charge in [-0.2, -0.15) is 0 Å². The van der Waals surface area contributed by atoms with Crippen LogP contribution in [0.1, 0.15) is 38.2 Å². The van der Waals surface area contributed by atoms with Gasteiger partial charge in [0.2, 0.25) is 0 Å². The molecule has 0 aliphatic heterocycles. The summed E-state index contributed by atoms with van der Waals surface area (Å²) in [4.78, 5) is 11.5. The van der Waals surface area contributed by atoms with Crippen LogP contribution >= 0.6 is 0 Å². The highest BCUT2D eigenvalue weighted by Crippen LogP contribution is 2.49. The van der Waals surface area contributed by atoms with Gasteiger partial charge in [0.15, 0.2) is 0 Å². The average molecular weight is 233 g/mol. The highest BCUT2D eigenvalue weighted by Gasteiger charge is 2.50. The topological polar surface area (TPSA) is 63.3 Å². The second kappa shape index (κ2) is 4.40. The molecule has 0 heterocycles. The summed E-state index contributed by atoms with van der Waals surface area (Å²) in [6, 6.07) is 7.28. The van der Waals surface area contributed by atoms with E-state index in [1.807, 2.05) is 12.1 Å². The Bertz CT molecular complexity index is 405. The molecule has 0 saturated heterocycles. The van der Waals surface area contributed by atoms with Gasteiger partial charge >= 0.3 is 5.97 Å². The molecule has 2 rings (SSSR count). The van der Waals surface area contributed by atoms with Gasteiger partial charge in [-0.1, -0.05) is 31.9 Å². The summed E-state index contributed by atoms with van der Waals surface area (Å²) < 4.78 is 0. The van der Waals surface area contributed by atoms with E-state index in [0.29, 0.717) is 11.6 Å². The zero-order valence-electron chi connectivity index (χ0n) is 10.1. The first kappa shape index (κ1) is 12.0. The van der Waals surface area contributed by atoms with Crippen LogP contribution in [0, 0.1) is 5.92 Å². The largest absolute Gasteiger partial charge is 0.481 e. The number of anilines is 1. The van der Waals surface area contributed by atoms with Gasteiger partial charge in [-0.3, -0.25) is 4.79 Å². The third kappa shape index (κ3) is 2.02. The van der Waals surface area contributed by atoms with E-state index in [1.54, 1.807) is 12.1 Å². The van der Waals surface area contributed by atoms with Gasteiger partial charge in [-0.15, -0.1) is 0 Å². The van der Waals surface area contributed by atoms with Gasteiger partial charge in [0.25, 0.3) is 0 Å². The molecule has 0 atom stereocenters. The fourth-order valence-electron chi connectivity index (χ4n) is 2.87. The molecule has 0 bridgehead atoms. The van der Waals surface area contributed by atoms with Crippen molar-refractivity contribution in [1.82, 2.24) is 0 Å². The van der Waals surface area contributed by atoms with Crippen LogP contribution in [0.3, 0.4) is 0 Å². The Balaban J connectivity index is 2.20. The molecule has 0 amide bonds. The monoisotopic (exact) mass is 233 g/mol. The predicted octanol–water partition coefficient (Wildman–Crippen LogP) is 2.80. The highest BCUT2D eigenvalue weighted by atomic mass is 16.4. The summed E-state index contributed by atoms with van der Waals surface area (Å²) in [7, 11) is 0. The number of nitrogen functional groups attached to an aromatic ring is 1. The smallest absolute Gasteiger partial charge is 0.314 e. The minimum absolute atomic E-state index is 0.564. The minimum atomic E-state index is -0.699. The molecule has 3 nitrogen and oxygen atoms in total. The number of rotatable bonds is 4. The van der Waals surface area contributed by atoms with Crippen molar-refractivity contribution in [2.24, 2.45) is 5.92 Å². The van der Waals surface area contributed by atoms with Gasteiger partial charge in [0.1, 0.15) is 0 Å². The maximum Gasteiger partial charge on any atom is 0.314 e. The lowest BCUT2D eigenvalue weighted by Crippen LogP contribution is -2.47. The van der Waals surface area contributed by atoms with Crippen molar-refractivity contribution in [3.63, 3.8) is 0 Å². The van der Waals surface area contributed by atoms with Crippen LogP contribution in [0.2, 0.25) is 0 Å². The standard InChI is InChI=1S/C14H19NO2/c1-2-3-10-8-14(9-10,13(16)17)11-4-6-12(15)7-5-11/h4-7,10H,2-3,8-9,15H2,1H3,(H,16,17). The average Bonchev–Trinajstić information content (AvgIpc) is 2.24. The molecular weight excluding hydrogens is 214 g/mol. The molecule has 0 spiro atoms. The first-order chi connectivity index (χ1) is 8.08. The molecule has 1 aliphatic carbocycles. The molecule has 1 fully saturated rings. The van der Waals surface area contributed by atoms with E-state index in [4.69, 9.17) is 5.73 Å². The second-order valence-corrected chi connectivity index (χ2v) is 5.07. The quantitative estimate of drug-likeness (QED) is 0.786. The number of carboxylic acids is 1. The Hall–Kier alpha value is -1.51. The second-order valence-electron chi connectivity index (χ2n) is 5.07. The Morgan fingerprint density at radius 1 is 1.41 bits per heavy atom. The highest BCUT2D eigenvalue weighted by molar-refractivity contribution is 5.83. The van der Waals surface area contributed by atoms with E-state index in [1.165, 1.54) is 0 Å². The molecule has 92 valence electrons. The van der Waals surface area contributed by atoms with Crippen molar-refractivity contribution >= 4 is 11.7 Å². The third-order valence-electron chi connectivity index (χ3n) is 3.84. The summed E-state index contributed by atoms with van der Waals surface area (Å²) in [6.45, 7) is 2.14. The van der Waals surface area contributed by atoms with Crippen LogP contribution in [-0.4, -0.2) is 11.1 Å². The number of carboxylic acid groups (broad SMARTS) is 1. The number of carbonyl (C=O) groups is 1. The van der Waals surface area contributed by atoms with Crippen molar-refractivity contribution in [1.29, 1.82) is 0 Å². The van der Waals surface area contributed by atoms with Gasteiger partial charge in [0, 0.05) is 5.69 Å². The van der Waals surface area contributed by atoms with Gasteiger partial charge < -0.3 is 10.8 Å². The Kier molecular flexibility index (Phi) is 3.09. The molecule has 1 aromatic carbocycles. The molecule has 1 aliphatic rings. The lowest BCUT2D eigenvalue weighted by molar-refractivity contribution is -0.150. The molecule has 0 unspecified atom stereocenters. The summed E-state index contributed by atoms with van der Waals surface area (Å²) in [5.74, 6) is -0.136. The van der Waals surface area contributed by atoms with Crippen LogP contribution in [0.5, 0.6) is 0 Å². The lowest BCUT2D eigenvalue weighted by atomic mass is 9.57. The van der Waals surface area contributed by atoms with Crippen molar-refractivity contribution in [3.05, 3.63) is 29.8 Å². The molecular formula is C14H19NO2. The van der Waals surface area contributed by atoms with E-state index in [9.17, 15) is 9.90 Å². The summed E-state index contributed by atoms with van der Waals surface area (Å²) >= 11 is 0. The van der Waals surface area contributed by atoms with Crippen LogP contribution in [-0.2, 0) is 10.2 Å². The van der Waals surface area contributed by atoms with Gasteiger partial charge in [0.05, 0.1) is 5.41 Å². The number of benzene rings is 1. The maximum atomic E-state index is 11.5. The summed E-state index contributed by atoms with van der Waals surface area (Å²) in [5.41, 5.74) is 6.55.